The zero-order valence-corrected chi connectivity index (χ0v) is 19.2. The molecule has 0 aliphatic heterocycles. The molecule has 0 aromatic carbocycles. The average molecular weight is 604 g/mol. The molecule has 0 saturated carbocycles. The Bertz CT molecular complexity index is 92.4. The van der Waals surface area contributed by atoms with Gasteiger partial charge in [0.2, 0.25) is 0 Å². The van der Waals surface area contributed by atoms with Crippen LogP contribution in [0.15, 0.2) is 0 Å². The second-order valence-corrected chi connectivity index (χ2v) is 1.58. The van der Waals surface area contributed by atoms with Crippen molar-refractivity contribution < 1.29 is 153 Å². The summed E-state index contributed by atoms with van der Waals surface area (Å²) in [5.41, 5.74) is 0. The van der Waals surface area contributed by atoms with Crippen molar-refractivity contribution in [3.8, 4) is 0 Å². The standard InChI is InChI=1S/2BH3O3.BHO3.2BO3.Ce.La.Mg/c5*2-1(3)4;;;/h2*2-4H;2H;;;;;/q;;-2;2*-3;2*+3;+2. The van der Waals surface area contributed by atoms with Crippen LogP contribution in [0.3, 0.4) is 0 Å². The van der Waals surface area contributed by atoms with Crippen LogP contribution in [0.4, 0.5) is 0 Å². The molecule has 0 atom stereocenters. The van der Waals surface area contributed by atoms with Gasteiger partial charge in [0, 0.05) is 0 Å². The van der Waals surface area contributed by atoms with Crippen LogP contribution in [-0.2, 0) is 0 Å². The molecule has 0 spiro atoms. The summed E-state index contributed by atoms with van der Waals surface area (Å²) in [6.07, 6.45) is 0. The van der Waals surface area contributed by atoms with Crippen molar-refractivity contribution in [2.75, 3.05) is 0 Å². The van der Waals surface area contributed by atoms with Crippen molar-refractivity contribution in [3.05, 3.63) is 0 Å². The molecule has 7 N–H and O–H groups in total. The van der Waals surface area contributed by atoms with E-state index in [4.69, 9.17) is 75.4 Å². The van der Waals surface area contributed by atoms with Crippen LogP contribution < -0.4 is 40.2 Å². The molecule has 0 aliphatic rings. The van der Waals surface area contributed by atoms with E-state index < -0.39 is 36.6 Å². The molecular weight excluding hydrogens is 597 g/mol. The Hall–Kier alpha value is 3.06. The molecule has 0 saturated heterocycles. The molecule has 0 unspecified atom stereocenters. The van der Waals surface area contributed by atoms with E-state index in [0.717, 1.165) is 0 Å². The van der Waals surface area contributed by atoms with Crippen molar-refractivity contribution in [2.45, 2.75) is 0 Å². The van der Waals surface area contributed by atoms with E-state index in [0.29, 0.717) is 0 Å². The van der Waals surface area contributed by atoms with E-state index in [9.17, 15) is 0 Å². The van der Waals surface area contributed by atoms with E-state index in [1.54, 1.807) is 0 Å². The van der Waals surface area contributed by atoms with Crippen LogP contribution in [0.25, 0.3) is 0 Å². The maximum Gasteiger partial charge on any atom is 3.00 e. The van der Waals surface area contributed by atoms with Gasteiger partial charge in [0.05, 0.1) is 7.32 Å². The summed E-state index contributed by atoms with van der Waals surface area (Å²) in [5.74, 6) is 0. The Balaban J connectivity index is -0.0000000197. The summed E-state index contributed by atoms with van der Waals surface area (Å²) in [6.45, 7) is 0. The fourth-order valence-corrected chi connectivity index (χ4v) is 0. The summed E-state index contributed by atoms with van der Waals surface area (Å²) >= 11 is 0. The van der Waals surface area contributed by atoms with E-state index >= 15 is 0 Å². The molecule has 23 heavy (non-hydrogen) atoms. The number of hydrogen-bond donors (Lipinski definition) is 7. The average Bonchev–Trinajstić information content (AvgIpc) is 1.94. The van der Waals surface area contributed by atoms with Crippen LogP contribution in [-0.4, -0.2) is 94.8 Å². The van der Waals surface area contributed by atoms with Crippen molar-refractivity contribution in [1.29, 1.82) is 0 Å². The van der Waals surface area contributed by atoms with E-state index in [2.05, 4.69) is 0 Å². The molecule has 121 valence electrons. The Morgan fingerprint density at radius 3 is 0.478 bits per heavy atom. The van der Waals surface area contributed by atoms with E-state index in [-0.39, 0.29) is 100 Å². The quantitative estimate of drug-likeness (QED) is 0.126. The Labute approximate surface area is 209 Å². The normalized spacial score (nSPS) is 5.87. The molecular formula is H7B5CeLaMgO15. The number of hydrogen-bond acceptors (Lipinski definition) is 15. The number of rotatable bonds is 0. The van der Waals surface area contributed by atoms with Crippen molar-refractivity contribution >= 4 is 59.7 Å². The molecule has 1 radical (unpaired) electrons. The summed E-state index contributed by atoms with van der Waals surface area (Å²) in [6, 6.07) is 0. The zero-order valence-electron chi connectivity index (χ0n) is 11.1. The van der Waals surface area contributed by atoms with Gasteiger partial charge in [-0.15, -0.1) is 0 Å². The van der Waals surface area contributed by atoms with Gasteiger partial charge in [-0.1, -0.05) is 0 Å². The second kappa shape index (κ2) is 44.5. The second-order valence-electron chi connectivity index (χ2n) is 1.58. The maximum absolute atomic E-state index is 8.53. The topological polar surface area (TPSA) is 326 Å². The molecule has 0 heterocycles. The van der Waals surface area contributed by atoms with Crippen LogP contribution >= 0.6 is 0 Å². The minimum absolute atomic E-state index is 0. The fraction of sp³-hybridized carbons (Fsp3) is 0. The SMILES string of the molecule is OB(O)O.OB(O)O.[Ce+3].[La+3].[Mg+2].[O-]B([O-])O.[O-]B([O-])[O-].[O-]B([O-])[O-]. The smallest absolute Gasteiger partial charge is 0.907 e. The molecule has 23 heteroatoms. The molecule has 0 aromatic rings. The third-order valence-electron chi connectivity index (χ3n) is 0. The molecule has 0 aliphatic carbocycles. The van der Waals surface area contributed by atoms with Crippen molar-refractivity contribution in [3.63, 3.8) is 0 Å². The summed E-state index contributed by atoms with van der Waals surface area (Å²) in [7, 11) is -12.8. The third kappa shape index (κ3) is 1420. The molecule has 0 bridgehead atoms. The Morgan fingerprint density at radius 2 is 0.478 bits per heavy atom. The van der Waals surface area contributed by atoms with Crippen LogP contribution in [0, 0.1) is 77.3 Å². The van der Waals surface area contributed by atoms with Gasteiger partial charge in [0.15, 0.2) is 0 Å². The Kier molecular flexibility index (Phi) is 97.0. The first-order chi connectivity index (χ1) is 8.66. The fourth-order valence-electron chi connectivity index (χ4n) is 0. The largest absolute Gasteiger partial charge is 3.00 e. The van der Waals surface area contributed by atoms with Gasteiger partial charge in [0.1, 0.15) is 0 Å². The molecule has 0 aromatic heterocycles. The maximum atomic E-state index is 8.53. The van der Waals surface area contributed by atoms with Crippen molar-refractivity contribution in [2.24, 2.45) is 0 Å². The molecule has 0 rings (SSSR count). The van der Waals surface area contributed by atoms with Gasteiger partial charge < -0.3 is 75.4 Å². The van der Waals surface area contributed by atoms with Gasteiger partial charge in [-0.05, 0) is 0 Å². The first kappa shape index (κ1) is 50.2. The predicted octanol–water partition coefficient (Wildman–Crippen LogP) is -15.7. The van der Waals surface area contributed by atoms with Gasteiger partial charge in [-0.25, -0.2) is 0 Å². The monoisotopic (exact) mass is 605 g/mol. The molecule has 15 nitrogen and oxygen atoms in total. The van der Waals surface area contributed by atoms with Gasteiger partial charge in [-0.3, -0.25) is 14.6 Å². The summed E-state index contributed by atoms with van der Waals surface area (Å²) in [4.78, 5) is 0. The summed E-state index contributed by atoms with van der Waals surface area (Å²) < 4.78 is 0. The minimum Gasteiger partial charge on any atom is -0.907 e. The first-order valence-electron chi connectivity index (χ1n) is 3.69. The first-order valence-corrected chi connectivity index (χ1v) is 3.69. The Morgan fingerprint density at radius 1 is 0.478 bits per heavy atom. The molecule has 0 fully saturated rings. The minimum atomic E-state index is -2.92. The van der Waals surface area contributed by atoms with E-state index in [1.807, 2.05) is 0 Å². The summed E-state index contributed by atoms with van der Waals surface area (Å²) in [5, 5.41) is 118. The van der Waals surface area contributed by atoms with Crippen molar-refractivity contribution in [1.82, 2.24) is 0 Å². The van der Waals surface area contributed by atoms with Crippen LogP contribution in [0.1, 0.15) is 0 Å². The van der Waals surface area contributed by atoms with Gasteiger partial charge >= 0.3 is 115 Å². The third-order valence-corrected chi connectivity index (χ3v) is 0. The van der Waals surface area contributed by atoms with Gasteiger partial charge in [0.25, 0.3) is 0 Å². The van der Waals surface area contributed by atoms with Crippen LogP contribution in [0.2, 0.25) is 0 Å². The predicted molar refractivity (Wildman–Crippen MR) is 50.1 cm³/mol. The van der Waals surface area contributed by atoms with Gasteiger partial charge in [-0.2, -0.15) is 0 Å². The zero-order chi connectivity index (χ0) is 17.9. The van der Waals surface area contributed by atoms with E-state index in [1.165, 1.54) is 0 Å². The van der Waals surface area contributed by atoms with Crippen LogP contribution in [0.5, 0.6) is 0 Å². The molecule has 0 amide bonds.